The average Bonchev–Trinajstić information content (AvgIpc) is 2.38. The van der Waals surface area contributed by atoms with Crippen LogP contribution in [0.15, 0.2) is 22.7 Å². The molecule has 1 aromatic carbocycles. The van der Waals surface area contributed by atoms with Crippen LogP contribution in [-0.2, 0) is 4.79 Å². The molecule has 1 saturated heterocycles. The van der Waals surface area contributed by atoms with Crippen LogP contribution < -0.4 is 0 Å². The largest absolute Gasteiger partial charge is 0.480 e. The molecule has 21 heavy (non-hydrogen) atoms. The van der Waals surface area contributed by atoms with Gasteiger partial charge in [-0.1, -0.05) is 29.8 Å². The van der Waals surface area contributed by atoms with E-state index in [9.17, 15) is 19.1 Å². The molecule has 0 aliphatic carbocycles. The van der Waals surface area contributed by atoms with Crippen LogP contribution in [0.1, 0.15) is 37.0 Å². The molecule has 4 nitrogen and oxygen atoms in total. The summed E-state index contributed by atoms with van der Waals surface area (Å²) in [5.41, 5.74) is -0.643. The van der Waals surface area contributed by atoms with Crippen molar-refractivity contribution in [3.8, 4) is 0 Å². The molecule has 1 aliphatic rings. The highest BCUT2D eigenvalue weighted by molar-refractivity contribution is 9.10. The summed E-state index contributed by atoms with van der Waals surface area (Å²) in [6.45, 7) is 3.97. The normalized spacial score (nSPS) is 21.1. The molecule has 2 rings (SSSR count). The minimum Gasteiger partial charge on any atom is -0.480 e. The van der Waals surface area contributed by atoms with Gasteiger partial charge in [-0.15, -0.1) is 0 Å². The van der Waals surface area contributed by atoms with Crippen molar-refractivity contribution in [2.75, 3.05) is 6.54 Å². The van der Waals surface area contributed by atoms with Crippen LogP contribution in [0.2, 0.25) is 0 Å². The van der Waals surface area contributed by atoms with E-state index in [0.717, 1.165) is 0 Å². The monoisotopic (exact) mass is 357 g/mol. The molecule has 0 aromatic heterocycles. The van der Waals surface area contributed by atoms with E-state index in [-0.39, 0.29) is 5.56 Å². The number of hydrogen-bond acceptors (Lipinski definition) is 2. The number of carbonyl (C=O) groups excluding carboxylic acids is 1. The molecule has 1 amide bonds. The van der Waals surface area contributed by atoms with Gasteiger partial charge in [0.15, 0.2) is 0 Å². The Morgan fingerprint density at radius 3 is 2.71 bits per heavy atom. The van der Waals surface area contributed by atoms with Crippen LogP contribution in [0.4, 0.5) is 4.39 Å². The fourth-order valence-electron chi connectivity index (χ4n) is 2.90. The third kappa shape index (κ3) is 3.10. The van der Waals surface area contributed by atoms with Crippen molar-refractivity contribution in [2.45, 2.75) is 32.7 Å². The molecular formula is C15H17BrFNO3. The Hall–Kier alpha value is -1.43. The van der Waals surface area contributed by atoms with E-state index in [2.05, 4.69) is 15.9 Å². The molecule has 0 bridgehead atoms. The maximum absolute atomic E-state index is 13.9. The first-order valence-electron chi connectivity index (χ1n) is 6.73. The second-order valence-electron chi connectivity index (χ2n) is 5.96. The van der Waals surface area contributed by atoms with Gasteiger partial charge in [0.1, 0.15) is 11.9 Å². The van der Waals surface area contributed by atoms with Crippen molar-refractivity contribution in [1.82, 2.24) is 4.90 Å². The zero-order chi connectivity index (χ0) is 15.8. The minimum atomic E-state index is -1.05. The zero-order valence-electron chi connectivity index (χ0n) is 11.9. The molecular weight excluding hydrogens is 341 g/mol. The van der Waals surface area contributed by atoms with Crippen molar-refractivity contribution >= 4 is 27.8 Å². The van der Waals surface area contributed by atoms with E-state index in [1.54, 1.807) is 0 Å². The van der Waals surface area contributed by atoms with Crippen LogP contribution in [0.5, 0.6) is 0 Å². The molecule has 1 N–H and O–H groups in total. The Labute approximate surface area is 131 Å². The van der Waals surface area contributed by atoms with E-state index < -0.39 is 29.2 Å². The molecule has 1 atom stereocenters. The molecule has 1 fully saturated rings. The number of halogens is 2. The number of carboxylic acids is 1. The van der Waals surface area contributed by atoms with Gasteiger partial charge in [0.05, 0.1) is 5.56 Å². The number of carboxylic acid groups (broad SMARTS) is 1. The van der Waals surface area contributed by atoms with Crippen LogP contribution in [0, 0.1) is 11.2 Å². The molecule has 1 aromatic rings. The number of aliphatic carboxylic acids is 1. The van der Waals surface area contributed by atoms with Crippen LogP contribution in [0.25, 0.3) is 0 Å². The first-order valence-corrected chi connectivity index (χ1v) is 7.52. The lowest BCUT2D eigenvalue weighted by Crippen LogP contribution is -2.56. The molecule has 1 aliphatic heterocycles. The number of hydrogen-bond donors (Lipinski definition) is 1. The lowest BCUT2D eigenvalue weighted by molar-refractivity contribution is -0.148. The number of rotatable bonds is 2. The standard InChI is InChI=1S/C15H17BrFNO3/c1-15(2)6-3-7-18(12(15)14(20)21)13(19)10-8-9(16)4-5-11(10)17/h4-5,8,12H,3,6-7H2,1-2H3,(H,20,21). The van der Waals surface area contributed by atoms with Crippen molar-refractivity contribution < 1.29 is 19.1 Å². The number of carbonyl (C=O) groups is 2. The van der Waals surface area contributed by atoms with Gasteiger partial charge < -0.3 is 10.0 Å². The summed E-state index contributed by atoms with van der Waals surface area (Å²) >= 11 is 3.20. The first-order chi connectivity index (χ1) is 9.74. The Balaban J connectivity index is 2.41. The third-order valence-corrected chi connectivity index (χ3v) is 4.42. The van der Waals surface area contributed by atoms with Crippen molar-refractivity contribution in [1.29, 1.82) is 0 Å². The summed E-state index contributed by atoms with van der Waals surface area (Å²) in [6.07, 6.45) is 1.42. The van der Waals surface area contributed by atoms with Crippen LogP contribution in [-0.4, -0.2) is 34.5 Å². The topological polar surface area (TPSA) is 57.6 Å². The van der Waals surface area contributed by atoms with Gasteiger partial charge in [-0.3, -0.25) is 4.79 Å². The smallest absolute Gasteiger partial charge is 0.326 e. The number of amides is 1. The van der Waals surface area contributed by atoms with E-state index in [0.29, 0.717) is 23.9 Å². The summed E-state index contributed by atoms with van der Waals surface area (Å²) in [7, 11) is 0. The highest BCUT2D eigenvalue weighted by Gasteiger charge is 2.45. The Morgan fingerprint density at radius 2 is 2.10 bits per heavy atom. The van der Waals surface area contributed by atoms with Gasteiger partial charge >= 0.3 is 5.97 Å². The number of nitrogens with zero attached hydrogens (tertiary/aromatic N) is 1. The van der Waals surface area contributed by atoms with E-state index in [4.69, 9.17) is 0 Å². The van der Waals surface area contributed by atoms with Gasteiger partial charge in [-0.25, -0.2) is 9.18 Å². The maximum atomic E-state index is 13.9. The average molecular weight is 358 g/mol. The molecule has 1 heterocycles. The second-order valence-corrected chi connectivity index (χ2v) is 6.87. The van der Waals surface area contributed by atoms with Crippen molar-refractivity contribution in [3.05, 3.63) is 34.1 Å². The summed E-state index contributed by atoms with van der Waals surface area (Å²) in [4.78, 5) is 25.4. The Morgan fingerprint density at radius 1 is 1.43 bits per heavy atom. The number of benzene rings is 1. The molecule has 114 valence electrons. The van der Waals surface area contributed by atoms with Gasteiger partial charge in [-0.2, -0.15) is 0 Å². The molecule has 0 spiro atoms. The van der Waals surface area contributed by atoms with E-state index >= 15 is 0 Å². The lowest BCUT2D eigenvalue weighted by atomic mass is 9.76. The minimum absolute atomic E-state index is 0.103. The first kappa shape index (κ1) is 15.9. The molecule has 1 unspecified atom stereocenters. The highest BCUT2D eigenvalue weighted by Crippen LogP contribution is 2.36. The van der Waals surface area contributed by atoms with Crippen molar-refractivity contribution in [3.63, 3.8) is 0 Å². The predicted molar refractivity (Wildman–Crippen MR) is 79.6 cm³/mol. The van der Waals surface area contributed by atoms with E-state index in [1.165, 1.54) is 23.1 Å². The van der Waals surface area contributed by atoms with Gasteiger partial charge in [-0.05, 0) is 36.5 Å². The van der Waals surface area contributed by atoms with Crippen LogP contribution in [0.3, 0.4) is 0 Å². The SMILES string of the molecule is CC1(C)CCCN(C(=O)c2cc(Br)ccc2F)C1C(=O)O. The number of piperidine rings is 1. The quantitative estimate of drug-likeness (QED) is 0.883. The van der Waals surface area contributed by atoms with Crippen LogP contribution >= 0.6 is 15.9 Å². The summed E-state index contributed by atoms with van der Waals surface area (Å²) in [5, 5.41) is 9.47. The summed E-state index contributed by atoms with van der Waals surface area (Å²) in [6, 6.07) is 3.14. The number of likely N-dealkylation sites (tertiary alicyclic amines) is 1. The highest BCUT2D eigenvalue weighted by atomic mass is 79.9. The van der Waals surface area contributed by atoms with Gasteiger partial charge in [0.2, 0.25) is 0 Å². The third-order valence-electron chi connectivity index (χ3n) is 3.93. The summed E-state index contributed by atoms with van der Waals surface area (Å²) in [5.74, 6) is -2.27. The lowest BCUT2D eigenvalue weighted by Gasteiger charge is -2.44. The maximum Gasteiger partial charge on any atom is 0.326 e. The van der Waals surface area contributed by atoms with Gasteiger partial charge in [0.25, 0.3) is 5.91 Å². The molecule has 0 radical (unpaired) electrons. The van der Waals surface area contributed by atoms with Crippen molar-refractivity contribution in [2.24, 2.45) is 5.41 Å². The second kappa shape index (κ2) is 5.75. The fourth-order valence-corrected chi connectivity index (χ4v) is 3.26. The molecule has 6 heteroatoms. The van der Waals surface area contributed by atoms with Gasteiger partial charge in [0, 0.05) is 11.0 Å². The molecule has 0 saturated carbocycles. The predicted octanol–water partition coefficient (Wildman–Crippen LogP) is 3.30. The zero-order valence-corrected chi connectivity index (χ0v) is 13.5. The Kier molecular flexibility index (Phi) is 4.37. The Bertz CT molecular complexity index is 588. The van der Waals surface area contributed by atoms with E-state index in [1.807, 2.05) is 13.8 Å². The fraction of sp³-hybridized carbons (Fsp3) is 0.467. The summed E-state index contributed by atoms with van der Waals surface area (Å²) < 4.78 is 14.5.